The van der Waals surface area contributed by atoms with Gasteiger partial charge in [-0.25, -0.2) is 0 Å². The number of benzene rings is 2. The third-order valence-corrected chi connectivity index (χ3v) is 5.31. The number of methoxy groups -OCH3 is 1. The average Bonchev–Trinajstić information content (AvgIpc) is 3.23. The predicted molar refractivity (Wildman–Crippen MR) is 120 cm³/mol. The highest BCUT2D eigenvalue weighted by molar-refractivity contribution is 6.00. The van der Waals surface area contributed by atoms with Crippen molar-refractivity contribution >= 4 is 11.8 Å². The molecule has 4 aromatic rings. The molecule has 0 bridgehead atoms. The number of carbonyl (C=O) groups excluding carboxylic acids is 1. The Kier molecular flexibility index (Phi) is 5.80. The van der Waals surface area contributed by atoms with Crippen LogP contribution in [0.15, 0.2) is 77.6 Å². The number of pyridine rings is 1. The van der Waals surface area contributed by atoms with Crippen LogP contribution in [0.5, 0.6) is 5.75 Å². The van der Waals surface area contributed by atoms with Crippen molar-refractivity contribution in [2.45, 2.75) is 19.8 Å². The Morgan fingerprint density at radius 2 is 1.71 bits per heavy atom. The summed E-state index contributed by atoms with van der Waals surface area (Å²) in [5, 5.41) is 7.20. The topological polar surface area (TPSA) is 77.3 Å². The van der Waals surface area contributed by atoms with Crippen molar-refractivity contribution in [3.63, 3.8) is 0 Å². The number of aryl methyl sites for hydroxylation is 1. The predicted octanol–water partition coefficient (Wildman–Crippen LogP) is 5.46. The van der Waals surface area contributed by atoms with Crippen LogP contribution in [0.1, 0.15) is 24.0 Å². The van der Waals surface area contributed by atoms with Crippen molar-refractivity contribution in [2.75, 3.05) is 12.4 Å². The molecule has 6 nitrogen and oxygen atoms in total. The molecule has 1 unspecified atom stereocenters. The maximum absolute atomic E-state index is 13.1. The van der Waals surface area contributed by atoms with Crippen molar-refractivity contribution in [1.82, 2.24) is 10.1 Å². The molecule has 1 amide bonds. The van der Waals surface area contributed by atoms with Gasteiger partial charge in [-0.15, -0.1) is 0 Å². The van der Waals surface area contributed by atoms with Crippen molar-refractivity contribution in [3.8, 4) is 28.1 Å². The highest BCUT2D eigenvalue weighted by Gasteiger charge is 2.24. The van der Waals surface area contributed by atoms with E-state index in [1.807, 2.05) is 74.5 Å². The van der Waals surface area contributed by atoms with Gasteiger partial charge in [0.15, 0.2) is 0 Å². The van der Waals surface area contributed by atoms with Gasteiger partial charge in [0, 0.05) is 18.0 Å². The second-order valence-electron chi connectivity index (χ2n) is 7.27. The largest absolute Gasteiger partial charge is 0.497 e. The Hall–Kier alpha value is -3.93. The summed E-state index contributed by atoms with van der Waals surface area (Å²) in [5.74, 6) is 0.545. The van der Waals surface area contributed by atoms with Gasteiger partial charge in [-0.1, -0.05) is 29.4 Å². The van der Waals surface area contributed by atoms with E-state index in [1.54, 1.807) is 19.5 Å². The van der Waals surface area contributed by atoms with Crippen LogP contribution in [0, 0.1) is 6.92 Å². The van der Waals surface area contributed by atoms with Gasteiger partial charge in [0.1, 0.15) is 11.4 Å². The van der Waals surface area contributed by atoms with E-state index in [0.717, 1.165) is 28.0 Å². The van der Waals surface area contributed by atoms with Gasteiger partial charge in [0.05, 0.1) is 18.6 Å². The fourth-order valence-electron chi connectivity index (χ4n) is 3.54. The number of hydrogen-bond donors (Lipinski definition) is 1. The zero-order valence-electron chi connectivity index (χ0n) is 17.6. The summed E-state index contributed by atoms with van der Waals surface area (Å²) in [7, 11) is 1.62. The number of nitrogens with zero attached hydrogens (tertiary/aromatic N) is 2. The molecule has 0 aliphatic heterocycles. The van der Waals surface area contributed by atoms with Crippen LogP contribution in [-0.2, 0) is 4.79 Å². The fraction of sp³-hybridized carbons (Fsp3) is 0.160. The molecule has 1 N–H and O–H groups in total. The minimum absolute atomic E-state index is 0.165. The van der Waals surface area contributed by atoms with Gasteiger partial charge >= 0.3 is 0 Å². The van der Waals surface area contributed by atoms with Crippen molar-refractivity contribution in [3.05, 3.63) is 84.2 Å². The van der Waals surface area contributed by atoms with Gasteiger partial charge in [0.25, 0.3) is 0 Å². The molecule has 2 aromatic heterocycles. The van der Waals surface area contributed by atoms with Crippen molar-refractivity contribution in [2.24, 2.45) is 0 Å². The fourth-order valence-corrected chi connectivity index (χ4v) is 3.54. The Morgan fingerprint density at radius 1 is 1.00 bits per heavy atom. The van der Waals surface area contributed by atoms with Crippen LogP contribution in [0.25, 0.3) is 22.4 Å². The highest BCUT2D eigenvalue weighted by atomic mass is 16.5. The van der Waals surface area contributed by atoms with Gasteiger partial charge in [-0.05, 0) is 66.9 Å². The van der Waals surface area contributed by atoms with Gasteiger partial charge in [0.2, 0.25) is 11.8 Å². The molecule has 1 atom stereocenters. The minimum atomic E-state index is -0.346. The number of nitrogens with one attached hydrogen (secondary N) is 1. The smallest absolute Gasteiger partial charge is 0.239 e. The molecule has 0 spiro atoms. The van der Waals surface area contributed by atoms with Gasteiger partial charge in [-0.3, -0.25) is 15.1 Å². The van der Waals surface area contributed by atoms with Crippen LogP contribution >= 0.6 is 0 Å². The molecule has 4 rings (SSSR count). The van der Waals surface area contributed by atoms with Gasteiger partial charge < -0.3 is 9.26 Å². The molecule has 0 radical (unpaired) electrons. The number of rotatable bonds is 6. The first-order valence-corrected chi connectivity index (χ1v) is 9.99. The van der Waals surface area contributed by atoms with Crippen LogP contribution in [0.4, 0.5) is 5.88 Å². The lowest BCUT2D eigenvalue weighted by Gasteiger charge is -2.14. The monoisotopic (exact) mass is 413 g/mol. The first-order valence-electron chi connectivity index (χ1n) is 9.99. The third kappa shape index (κ3) is 4.19. The molecule has 0 saturated heterocycles. The number of carbonyl (C=O) groups is 1. The van der Waals surface area contributed by atoms with E-state index in [2.05, 4.69) is 15.5 Å². The van der Waals surface area contributed by atoms with Crippen LogP contribution < -0.4 is 10.1 Å². The third-order valence-electron chi connectivity index (χ3n) is 5.31. The standard InChI is InChI=1S/C25H23N3O3/c1-16-6-4-5-7-21(16)17(2)24(29)27-25-22(18-12-14-26-15-13-18)23(28-31-25)19-8-10-20(30-3)11-9-19/h4-15,17H,1-3H3,(H,27,29). The molecule has 0 fully saturated rings. The summed E-state index contributed by atoms with van der Waals surface area (Å²) in [4.78, 5) is 17.1. The number of aromatic nitrogens is 2. The minimum Gasteiger partial charge on any atom is -0.497 e. The summed E-state index contributed by atoms with van der Waals surface area (Å²) in [6, 6.07) is 19.1. The molecule has 0 aliphatic rings. The number of anilines is 1. The maximum atomic E-state index is 13.1. The summed E-state index contributed by atoms with van der Waals surface area (Å²) in [5.41, 5.74) is 5.08. The average molecular weight is 413 g/mol. The Labute approximate surface area is 180 Å². The molecule has 6 heteroatoms. The first-order chi connectivity index (χ1) is 15.1. The van der Waals surface area contributed by atoms with E-state index >= 15 is 0 Å². The second-order valence-corrected chi connectivity index (χ2v) is 7.27. The van der Waals surface area contributed by atoms with E-state index in [-0.39, 0.29) is 11.8 Å². The quantitative estimate of drug-likeness (QED) is 0.454. The zero-order chi connectivity index (χ0) is 21.8. The Bertz CT molecular complexity index is 1180. The summed E-state index contributed by atoms with van der Waals surface area (Å²) >= 11 is 0. The molecule has 2 heterocycles. The van der Waals surface area contributed by atoms with E-state index in [0.29, 0.717) is 17.1 Å². The normalized spacial score (nSPS) is 11.7. The molecule has 31 heavy (non-hydrogen) atoms. The SMILES string of the molecule is COc1ccc(-c2noc(NC(=O)C(C)c3ccccc3C)c2-c2ccncc2)cc1. The highest BCUT2D eigenvalue weighted by Crippen LogP contribution is 2.38. The van der Waals surface area contributed by atoms with E-state index in [4.69, 9.17) is 9.26 Å². The van der Waals surface area contributed by atoms with Crippen molar-refractivity contribution in [1.29, 1.82) is 0 Å². The van der Waals surface area contributed by atoms with E-state index in [9.17, 15) is 4.79 Å². The Morgan fingerprint density at radius 3 is 2.39 bits per heavy atom. The van der Waals surface area contributed by atoms with E-state index < -0.39 is 0 Å². The molecule has 2 aromatic carbocycles. The molecule has 0 aliphatic carbocycles. The summed E-state index contributed by atoms with van der Waals surface area (Å²) in [6.07, 6.45) is 3.39. The zero-order valence-corrected chi connectivity index (χ0v) is 17.6. The number of hydrogen-bond acceptors (Lipinski definition) is 5. The number of amides is 1. The van der Waals surface area contributed by atoms with Crippen molar-refractivity contribution < 1.29 is 14.1 Å². The summed E-state index contributed by atoms with van der Waals surface area (Å²) < 4.78 is 10.9. The van der Waals surface area contributed by atoms with Gasteiger partial charge in [-0.2, -0.15) is 0 Å². The first kappa shape index (κ1) is 20.3. The lowest BCUT2D eigenvalue weighted by atomic mass is 9.95. The lowest BCUT2D eigenvalue weighted by molar-refractivity contribution is -0.117. The van der Waals surface area contributed by atoms with E-state index in [1.165, 1.54) is 0 Å². The van der Waals surface area contributed by atoms with Crippen LogP contribution in [0.2, 0.25) is 0 Å². The maximum Gasteiger partial charge on any atom is 0.239 e. The molecular formula is C25H23N3O3. The Balaban J connectivity index is 1.71. The number of ether oxygens (including phenoxy) is 1. The van der Waals surface area contributed by atoms with Crippen LogP contribution in [-0.4, -0.2) is 23.2 Å². The molecule has 0 saturated carbocycles. The lowest BCUT2D eigenvalue weighted by Crippen LogP contribution is -2.19. The molecular weight excluding hydrogens is 390 g/mol. The van der Waals surface area contributed by atoms with Crippen LogP contribution in [0.3, 0.4) is 0 Å². The summed E-state index contributed by atoms with van der Waals surface area (Å²) in [6.45, 7) is 3.88. The second kappa shape index (κ2) is 8.83. The molecule has 156 valence electrons.